The van der Waals surface area contributed by atoms with Crippen molar-refractivity contribution in [3.8, 4) is 0 Å². The zero-order valence-electron chi connectivity index (χ0n) is 20.1. The van der Waals surface area contributed by atoms with Crippen LogP contribution in [0.25, 0.3) is 0 Å². The minimum Gasteiger partial charge on any atom is -0.444 e. The van der Waals surface area contributed by atoms with Crippen molar-refractivity contribution in [1.29, 1.82) is 0 Å². The van der Waals surface area contributed by atoms with Crippen LogP contribution in [-0.2, 0) is 9.53 Å². The maximum absolute atomic E-state index is 12.4. The van der Waals surface area contributed by atoms with Gasteiger partial charge in [-0.25, -0.2) is 4.79 Å². The van der Waals surface area contributed by atoms with Gasteiger partial charge < -0.3 is 20.3 Å². The standard InChI is InChI=1S/C24H47N3O3/c1-5-6-7-8-9-10-11-12-13-14-15-16-17-26-22(28)21-20-27(19-18-25-21)23(29)30-24(2,3)4/h21,25H,5-20H2,1-4H3,(H,26,28). The Kier molecular flexibility index (Phi) is 13.8. The molecule has 0 spiro atoms. The predicted octanol–water partition coefficient (Wildman–Crippen LogP) is 5.01. The Morgan fingerprint density at radius 1 is 0.933 bits per heavy atom. The molecule has 2 N–H and O–H groups in total. The zero-order valence-corrected chi connectivity index (χ0v) is 20.1. The summed E-state index contributed by atoms with van der Waals surface area (Å²) in [4.78, 5) is 26.2. The maximum atomic E-state index is 12.4. The van der Waals surface area contributed by atoms with Crippen LogP contribution in [0.2, 0.25) is 0 Å². The molecule has 1 unspecified atom stereocenters. The quantitative estimate of drug-likeness (QED) is 0.384. The predicted molar refractivity (Wildman–Crippen MR) is 124 cm³/mol. The molecule has 2 amide bonds. The molecule has 1 rings (SSSR count). The third-order valence-electron chi connectivity index (χ3n) is 5.47. The molecule has 1 aliphatic rings. The smallest absolute Gasteiger partial charge is 0.410 e. The van der Waals surface area contributed by atoms with Gasteiger partial charge in [0.15, 0.2) is 0 Å². The van der Waals surface area contributed by atoms with E-state index in [9.17, 15) is 9.59 Å². The summed E-state index contributed by atoms with van der Waals surface area (Å²) in [6.45, 7) is 10.1. The second kappa shape index (κ2) is 15.5. The molecule has 1 atom stereocenters. The fourth-order valence-electron chi connectivity index (χ4n) is 3.72. The highest BCUT2D eigenvalue weighted by Crippen LogP contribution is 2.13. The second-order valence-corrected chi connectivity index (χ2v) is 9.61. The molecule has 176 valence electrons. The lowest BCUT2D eigenvalue weighted by molar-refractivity contribution is -0.124. The number of piperazine rings is 1. The molecule has 6 nitrogen and oxygen atoms in total. The van der Waals surface area contributed by atoms with Gasteiger partial charge in [-0.05, 0) is 27.2 Å². The Labute approximate surface area is 184 Å². The summed E-state index contributed by atoms with van der Waals surface area (Å²) < 4.78 is 5.42. The number of carbonyl (C=O) groups is 2. The number of unbranched alkanes of at least 4 members (excludes halogenated alkanes) is 11. The van der Waals surface area contributed by atoms with E-state index in [2.05, 4.69) is 17.6 Å². The Bertz CT molecular complexity index is 477. The van der Waals surface area contributed by atoms with Gasteiger partial charge in [-0.15, -0.1) is 0 Å². The number of amides is 2. The van der Waals surface area contributed by atoms with Crippen LogP contribution < -0.4 is 10.6 Å². The van der Waals surface area contributed by atoms with Crippen molar-refractivity contribution in [2.45, 2.75) is 116 Å². The average molecular weight is 426 g/mol. The SMILES string of the molecule is CCCCCCCCCCCCCCNC(=O)C1CN(C(=O)OC(C)(C)C)CCN1. The Morgan fingerprint density at radius 2 is 1.47 bits per heavy atom. The Hall–Kier alpha value is -1.30. The van der Waals surface area contributed by atoms with Crippen LogP contribution in [0.5, 0.6) is 0 Å². The fourth-order valence-corrected chi connectivity index (χ4v) is 3.72. The third-order valence-corrected chi connectivity index (χ3v) is 5.47. The van der Waals surface area contributed by atoms with E-state index >= 15 is 0 Å². The lowest BCUT2D eigenvalue weighted by Gasteiger charge is -2.34. The van der Waals surface area contributed by atoms with E-state index in [-0.39, 0.29) is 18.0 Å². The molecule has 6 heteroatoms. The largest absolute Gasteiger partial charge is 0.444 e. The van der Waals surface area contributed by atoms with Crippen LogP contribution in [0.3, 0.4) is 0 Å². The van der Waals surface area contributed by atoms with Crippen molar-refractivity contribution in [1.82, 2.24) is 15.5 Å². The molecule has 0 aromatic heterocycles. The number of nitrogens with one attached hydrogen (secondary N) is 2. The molecule has 30 heavy (non-hydrogen) atoms. The van der Waals surface area contributed by atoms with Crippen molar-refractivity contribution in [2.75, 3.05) is 26.2 Å². The normalized spacial score (nSPS) is 17.1. The highest BCUT2D eigenvalue weighted by atomic mass is 16.6. The fraction of sp³-hybridized carbons (Fsp3) is 0.917. The van der Waals surface area contributed by atoms with Gasteiger partial charge in [-0.2, -0.15) is 0 Å². The molecule has 0 radical (unpaired) electrons. The van der Waals surface area contributed by atoms with Gasteiger partial charge in [-0.1, -0.05) is 77.6 Å². The van der Waals surface area contributed by atoms with Gasteiger partial charge in [0.25, 0.3) is 0 Å². The van der Waals surface area contributed by atoms with Gasteiger partial charge in [0.1, 0.15) is 11.6 Å². The summed E-state index contributed by atoms with van der Waals surface area (Å²) >= 11 is 0. The van der Waals surface area contributed by atoms with E-state index in [0.29, 0.717) is 26.2 Å². The van der Waals surface area contributed by atoms with Gasteiger partial charge in [0.2, 0.25) is 5.91 Å². The molecular weight excluding hydrogens is 378 g/mol. The van der Waals surface area contributed by atoms with E-state index in [1.807, 2.05) is 20.8 Å². The van der Waals surface area contributed by atoms with E-state index < -0.39 is 5.60 Å². The first-order chi connectivity index (χ1) is 14.3. The number of rotatable bonds is 14. The van der Waals surface area contributed by atoms with E-state index in [1.165, 1.54) is 70.6 Å². The molecule has 1 saturated heterocycles. The number of hydrogen-bond donors (Lipinski definition) is 2. The van der Waals surface area contributed by atoms with E-state index in [0.717, 1.165) is 6.42 Å². The third kappa shape index (κ3) is 13.1. The lowest BCUT2D eigenvalue weighted by Crippen LogP contribution is -2.58. The van der Waals surface area contributed by atoms with Crippen LogP contribution >= 0.6 is 0 Å². The van der Waals surface area contributed by atoms with Crippen LogP contribution in [0, 0.1) is 0 Å². The lowest BCUT2D eigenvalue weighted by atomic mass is 10.1. The van der Waals surface area contributed by atoms with Crippen molar-refractivity contribution in [2.24, 2.45) is 0 Å². The number of hydrogen-bond acceptors (Lipinski definition) is 4. The highest BCUT2D eigenvalue weighted by Gasteiger charge is 2.30. The van der Waals surface area contributed by atoms with Crippen molar-refractivity contribution >= 4 is 12.0 Å². The van der Waals surface area contributed by atoms with Crippen LogP contribution in [0.1, 0.15) is 105 Å². The minimum atomic E-state index is -0.519. The van der Waals surface area contributed by atoms with Crippen molar-refractivity contribution < 1.29 is 14.3 Å². The second-order valence-electron chi connectivity index (χ2n) is 9.61. The van der Waals surface area contributed by atoms with Crippen molar-refractivity contribution in [3.63, 3.8) is 0 Å². The van der Waals surface area contributed by atoms with Crippen LogP contribution in [-0.4, -0.2) is 54.7 Å². The zero-order chi connectivity index (χ0) is 22.2. The first-order valence-corrected chi connectivity index (χ1v) is 12.3. The van der Waals surface area contributed by atoms with E-state index in [4.69, 9.17) is 4.74 Å². The summed E-state index contributed by atoms with van der Waals surface area (Å²) in [5, 5.41) is 6.22. The van der Waals surface area contributed by atoms with Gasteiger partial charge in [0, 0.05) is 26.2 Å². The topological polar surface area (TPSA) is 70.7 Å². The van der Waals surface area contributed by atoms with Gasteiger partial charge in [-0.3, -0.25) is 4.79 Å². The minimum absolute atomic E-state index is 0.0219. The first kappa shape index (κ1) is 26.7. The highest BCUT2D eigenvalue weighted by molar-refractivity contribution is 5.83. The monoisotopic (exact) mass is 425 g/mol. The summed E-state index contributed by atoms with van der Waals surface area (Å²) in [7, 11) is 0. The molecule has 1 heterocycles. The molecule has 1 fully saturated rings. The van der Waals surface area contributed by atoms with Gasteiger partial charge in [0.05, 0.1) is 0 Å². The molecule has 0 bridgehead atoms. The number of ether oxygens (including phenoxy) is 1. The van der Waals surface area contributed by atoms with Gasteiger partial charge >= 0.3 is 6.09 Å². The summed E-state index contributed by atoms with van der Waals surface area (Å²) in [5.74, 6) is -0.0219. The molecule has 1 aliphatic heterocycles. The number of nitrogens with zero attached hydrogens (tertiary/aromatic N) is 1. The summed E-state index contributed by atoms with van der Waals surface area (Å²) in [6.07, 6.45) is 15.4. The Morgan fingerprint density at radius 3 is 2.00 bits per heavy atom. The van der Waals surface area contributed by atoms with Crippen LogP contribution in [0.15, 0.2) is 0 Å². The maximum Gasteiger partial charge on any atom is 0.410 e. The summed E-state index contributed by atoms with van der Waals surface area (Å²) in [6, 6.07) is -0.358. The number of carbonyl (C=O) groups excluding carboxylic acids is 2. The Balaban J connectivity index is 2.03. The average Bonchev–Trinajstić information content (AvgIpc) is 2.70. The molecule has 0 aliphatic carbocycles. The summed E-state index contributed by atoms with van der Waals surface area (Å²) in [5.41, 5.74) is -0.519. The molecule has 0 aromatic rings. The molecule has 0 saturated carbocycles. The van der Waals surface area contributed by atoms with Crippen molar-refractivity contribution in [3.05, 3.63) is 0 Å². The first-order valence-electron chi connectivity index (χ1n) is 12.3. The van der Waals surface area contributed by atoms with Crippen LogP contribution in [0.4, 0.5) is 4.79 Å². The van der Waals surface area contributed by atoms with E-state index in [1.54, 1.807) is 4.90 Å². The molecule has 0 aromatic carbocycles. The molecular formula is C24H47N3O3.